The van der Waals surface area contributed by atoms with Crippen LogP contribution in [0.4, 0.5) is 5.69 Å². The molecule has 0 radical (unpaired) electrons. The molecule has 0 bridgehead atoms. The fourth-order valence-corrected chi connectivity index (χ4v) is 4.89. The second-order valence-electron chi connectivity index (χ2n) is 4.54. The summed E-state index contributed by atoms with van der Waals surface area (Å²) in [5.74, 6) is 0. The molecule has 4 nitrogen and oxygen atoms in total. The lowest BCUT2D eigenvalue weighted by molar-refractivity contribution is 0.603. The van der Waals surface area contributed by atoms with Crippen LogP contribution in [-0.2, 0) is 16.6 Å². The Balaban J connectivity index is 2.22. The lowest BCUT2D eigenvalue weighted by Crippen LogP contribution is -2.11. The lowest BCUT2D eigenvalue weighted by Gasteiger charge is -2.06. The highest BCUT2D eigenvalue weighted by Crippen LogP contribution is 2.28. The van der Waals surface area contributed by atoms with Gasteiger partial charge in [0, 0.05) is 22.0 Å². The fraction of sp³-hybridized carbons (Fsp3) is 0.286. The number of nitrogens with one attached hydrogen (secondary N) is 2. The monoisotopic (exact) mass is 342 g/mol. The van der Waals surface area contributed by atoms with Crippen LogP contribution in [-0.4, -0.2) is 21.7 Å². The van der Waals surface area contributed by atoms with E-state index in [2.05, 4.69) is 10.0 Å². The van der Waals surface area contributed by atoms with Crippen molar-refractivity contribution in [3.8, 4) is 0 Å². The average Bonchev–Trinajstić information content (AvgIpc) is 2.82. The Hall–Kier alpha value is -1.02. The van der Waals surface area contributed by atoms with Gasteiger partial charge in [0.15, 0.2) is 0 Å². The number of hydrogen-bond donors (Lipinski definition) is 2. The summed E-state index contributed by atoms with van der Waals surface area (Å²) < 4.78 is 27.8. The van der Waals surface area contributed by atoms with Crippen molar-refractivity contribution in [1.82, 2.24) is 5.32 Å². The molecule has 2 N–H and O–H groups in total. The number of hydrogen-bond acceptors (Lipinski definition) is 5. The first-order chi connectivity index (χ1) is 9.96. The number of aryl methyl sites for hydroxylation is 1. The van der Waals surface area contributed by atoms with Crippen molar-refractivity contribution < 1.29 is 8.42 Å². The van der Waals surface area contributed by atoms with Crippen LogP contribution in [0.3, 0.4) is 0 Å². The Bertz CT molecular complexity index is 706. The van der Waals surface area contributed by atoms with Gasteiger partial charge in [-0.3, -0.25) is 4.72 Å². The first-order valence-electron chi connectivity index (χ1n) is 6.37. The van der Waals surface area contributed by atoms with Crippen molar-refractivity contribution in [3.63, 3.8) is 0 Å². The molecule has 2 aromatic rings. The van der Waals surface area contributed by atoms with Crippen molar-refractivity contribution in [2.45, 2.75) is 22.6 Å². The van der Waals surface area contributed by atoms with Gasteiger partial charge in [0.1, 0.15) is 4.21 Å². The fourth-order valence-electron chi connectivity index (χ4n) is 1.82. The van der Waals surface area contributed by atoms with Gasteiger partial charge < -0.3 is 5.32 Å². The summed E-state index contributed by atoms with van der Waals surface area (Å²) in [5.41, 5.74) is 1.57. The van der Waals surface area contributed by atoms with Crippen molar-refractivity contribution in [2.75, 3.05) is 18.0 Å². The van der Waals surface area contributed by atoms with Gasteiger partial charge in [0.25, 0.3) is 10.0 Å². The molecular formula is C14H18N2O2S3. The Morgan fingerprint density at radius 2 is 1.90 bits per heavy atom. The summed E-state index contributed by atoms with van der Waals surface area (Å²) in [6.45, 7) is 2.60. The predicted octanol–water partition coefficient (Wildman–Crippen LogP) is 3.30. The standard InChI is InChI=1S/C14H18N2O2S3/c1-10-8-14(20-13(10)9-15-2)21(17,18)16-11-4-6-12(19-3)7-5-11/h4-8,15-16H,9H2,1-3H3. The maximum atomic E-state index is 12.4. The van der Waals surface area contributed by atoms with E-state index in [-0.39, 0.29) is 0 Å². The zero-order valence-corrected chi connectivity index (χ0v) is 14.6. The Morgan fingerprint density at radius 1 is 1.24 bits per heavy atom. The summed E-state index contributed by atoms with van der Waals surface area (Å²) in [5, 5.41) is 3.04. The van der Waals surface area contributed by atoms with Gasteiger partial charge in [0.2, 0.25) is 0 Å². The van der Waals surface area contributed by atoms with Crippen molar-refractivity contribution in [3.05, 3.63) is 40.8 Å². The summed E-state index contributed by atoms with van der Waals surface area (Å²) in [6.07, 6.45) is 1.98. The number of thiophene rings is 1. The van der Waals surface area contributed by atoms with E-state index < -0.39 is 10.0 Å². The van der Waals surface area contributed by atoms with Crippen molar-refractivity contribution >= 4 is 38.8 Å². The number of benzene rings is 1. The highest BCUT2D eigenvalue weighted by molar-refractivity contribution is 7.98. The van der Waals surface area contributed by atoms with Crippen LogP contribution in [0.2, 0.25) is 0 Å². The number of anilines is 1. The molecule has 0 atom stereocenters. The number of thioether (sulfide) groups is 1. The molecule has 0 aliphatic rings. The largest absolute Gasteiger partial charge is 0.315 e. The molecule has 0 saturated heterocycles. The first-order valence-corrected chi connectivity index (χ1v) is 9.89. The molecule has 0 unspecified atom stereocenters. The van der Waals surface area contributed by atoms with Crippen LogP contribution in [0.5, 0.6) is 0 Å². The van der Waals surface area contributed by atoms with Gasteiger partial charge in [-0.2, -0.15) is 0 Å². The molecule has 0 aliphatic heterocycles. The SMILES string of the molecule is CNCc1sc(S(=O)(=O)Nc2ccc(SC)cc2)cc1C. The normalized spacial score (nSPS) is 11.6. The van der Waals surface area contributed by atoms with E-state index in [0.29, 0.717) is 16.4 Å². The summed E-state index contributed by atoms with van der Waals surface area (Å²) in [7, 11) is -1.67. The van der Waals surface area contributed by atoms with Gasteiger partial charge in [-0.1, -0.05) is 0 Å². The van der Waals surface area contributed by atoms with E-state index in [1.807, 2.05) is 32.4 Å². The minimum Gasteiger partial charge on any atom is -0.315 e. The molecule has 7 heteroatoms. The molecule has 0 amide bonds. The van der Waals surface area contributed by atoms with Gasteiger partial charge in [-0.25, -0.2) is 8.42 Å². The minimum atomic E-state index is -3.52. The van der Waals surface area contributed by atoms with Crippen LogP contribution in [0.1, 0.15) is 10.4 Å². The number of rotatable bonds is 6. The molecule has 0 saturated carbocycles. The Kier molecular flexibility index (Phi) is 5.32. The quantitative estimate of drug-likeness (QED) is 0.791. The molecule has 1 aromatic heterocycles. The first kappa shape index (κ1) is 16.4. The lowest BCUT2D eigenvalue weighted by atomic mass is 10.3. The number of sulfonamides is 1. The van der Waals surface area contributed by atoms with Gasteiger partial charge in [0.05, 0.1) is 0 Å². The molecule has 2 rings (SSSR count). The van der Waals surface area contributed by atoms with Gasteiger partial charge >= 0.3 is 0 Å². The Labute approximate surface area is 134 Å². The second kappa shape index (κ2) is 6.83. The summed E-state index contributed by atoms with van der Waals surface area (Å²) >= 11 is 2.92. The van der Waals surface area contributed by atoms with Crippen molar-refractivity contribution in [2.24, 2.45) is 0 Å². The topological polar surface area (TPSA) is 58.2 Å². The van der Waals surface area contributed by atoms with E-state index in [0.717, 1.165) is 15.3 Å². The maximum absolute atomic E-state index is 12.4. The molecule has 1 heterocycles. The minimum absolute atomic E-state index is 0.346. The second-order valence-corrected chi connectivity index (χ2v) is 8.46. The zero-order valence-electron chi connectivity index (χ0n) is 12.1. The molecule has 0 fully saturated rings. The third kappa shape index (κ3) is 4.00. The highest BCUT2D eigenvalue weighted by Gasteiger charge is 2.18. The third-order valence-electron chi connectivity index (χ3n) is 2.94. The van der Waals surface area contributed by atoms with E-state index in [4.69, 9.17) is 0 Å². The van der Waals surface area contributed by atoms with E-state index in [1.165, 1.54) is 11.3 Å². The third-order valence-corrected chi connectivity index (χ3v) is 6.78. The van der Waals surface area contributed by atoms with E-state index in [9.17, 15) is 8.42 Å². The average molecular weight is 343 g/mol. The van der Waals surface area contributed by atoms with E-state index in [1.54, 1.807) is 30.0 Å². The zero-order chi connectivity index (χ0) is 15.5. The summed E-state index contributed by atoms with van der Waals surface area (Å²) in [6, 6.07) is 9.07. The molecular weight excluding hydrogens is 324 g/mol. The molecule has 0 spiro atoms. The van der Waals surface area contributed by atoms with Crippen molar-refractivity contribution in [1.29, 1.82) is 0 Å². The Morgan fingerprint density at radius 3 is 2.48 bits per heavy atom. The smallest absolute Gasteiger partial charge is 0.271 e. The van der Waals surface area contributed by atoms with Crippen LogP contribution in [0.25, 0.3) is 0 Å². The van der Waals surface area contributed by atoms with Crippen LogP contribution in [0, 0.1) is 6.92 Å². The van der Waals surface area contributed by atoms with Crippen LogP contribution < -0.4 is 10.0 Å². The maximum Gasteiger partial charge on any atom is 0.271 e. The molecule has 1 aromatic carbocycles. The van der Waals surface area contributed by atoms with E-state index >= 15 is 0 Å². The van der Waals surface area contributed by atoms with Crippen LogP contribution in [0.15, 0.2) is 39.4 Å². The van der Waals surface area contributed by atoms with Gasteiger partial charge in [-0.15, -0.1) is 23.1 Å². The summed E-state index contributed by atoms with van der Waals surface area (Å²) in [4.78, 5) is 2.14. The molecule has 0 aliphatic carbocycles. The highest BCUT2D eigenvalue weighted by atomic mass is 32.2. The van der Waals surface area contributed by atoms with Gasteiger partial charge in [-0.05, 0) is 56.1 Å². The predicted molar refractivity (Wildman–Crippen MR) is 90.9 cm³/mol. The van der Waals surface area contributed by atoms with Crippen LogP contribution >= 0.6 is 23.1 Å². The molecule has 21 heavy (non-hydrogen) atoms. The molecule has 114 valence electrons.